The van der Waals surface area contributed by atoms with Crippen LogP contribution in [0, 0.1) is 0 Å². The van der Waals surface area contributed by atoms with E-state index in [4.69, 9.17) is 17.0 Å². The summed E-state index contributed by atoms with van der Waals surface area (Å²) >= 11 is 5.10. The summed E-state index contributed by atoms with van der Waals surface area (Å²) < 4.78 is 5.35. The van der Waals surface area contributed by atoms with Crippen molar-refractivity contribution in [2.45, 2.75) is 6.92 Å². The number of hydrogen-bond acceptors (Lipinski definition) is 4. The van der Waals surface area contributed by atoms with E-state index in [0.29, 0.717) is 12.2 Å². The van der Waals surface area contributed by atoms with E-state index in [1.54, 1.807) is 18.3 Å². The molecule has 1 amide bonds. The third kappa shape index (κ3) is 4.54. The van der Waals surface area contributed by atoms with E-state index in [0.717, 1.165) is 11.4 Å². The van der Waals surface area contributed by atoms with Crippen molar-refractivity contribution in [3.05, 3.63) is 54.4 Å². The lowest BCUT2D eigenvalue weighted by Crippen LogP contribution is -2.34. The number of hydrogen-bond donors (Lipinski definition) is 2. The number of nitrogens with one attached hydrogen (secondary N) is 2. The molecule has 0 saturated heterocycles. The first-order valence-electron chi connectivity index (χ1n) is 6.44. The maximum Gasteiger partial charge on any atom is 0.258 e. The molecule has 108 valence electrons. The lowest BCUT2D eigenvalue weighted by atomic mass is 10.3. The topological polar surface area (TPSA) is 63.2 Å². The Hall–Kier alpha value is -2.47. The van der Waals surface area contributed by atoms with Gasteiger partial charge in [0.25, 0.3) is 5.91 Å². The predicted molar refractivity (Wildman–Crippen MR) is 85.5 cm³/mol. The zero-order chi connectivity index (χ0) is 15.1. The molecule has 2 N–H and O–H groups in total. The fourth-order valence-electron chi connectivity index (χ4n) is 1.64. The van der Waals surface area contributed by atoms with Crippen molar-refractivity contribution >= 4 is 28.9 Å². The third-order valence-corrected chi connectivity index (χ3v) is 2.78. The Labute approximate surface area is 128 Å². The van der Waals surface area contributed by atoms with Crippen molar-refractivity contribution in [1.82, 2.24) is 10.3 Å². The molecule has 0 saturated carbocycles. The monoisotopic (exact) mass is 301 g/mol. The van der Waals surface area contributed by atoms with E-state index < -0.39 is 0 Å². The summed E-state index contributed by atoms with van der Waals surface area (Å²) in [5.74, 6) is 0.486. The first-order chi connectivity index (χ1) is 10.2. The molecule has 21 heavy (non-hydrogen) atoms. The van der Waals surface area contributed by atoms with Crippen molar-refractivity contribution < 1.29 is 9.53 Å². The number of pyridine rings is 1. The molecule has 1 aromatic carbocycles. The van der Waals surface area contributed by atoms with Gasteiger partial charge in [0, 0.05) is 18.1 Å². The van der Waals surface area contributed by atoms with Gasteiger partial charge >= 0.3 is 0 Å². The normalized spacial score (nSPS) is 9.76. The summed E-state index contributed by atoms with van der Waals surface area (Å²) in [6.07, 6.45) is 3.09. The highest BCUT2D eigenvalue weighted by molar-refractivity contribution is 7.80. The average Bonchev–Trinajstić information content (AvgIpc) is 2.50. The molecule has 0 atom stereocenters. The highest BCUT2D eigenvalue weighted by Gasteiger charge is 2.07. The minimum absolute atomic E-state index is 0.230. The van der Waals surface area contributed by atoms with Crippen LogP contribution in [0.3, 0.4) is 0 Å². The zero-order valence-electron chi connectivity index (χ0n) is 11.5. The first-order valence-corrected chi connectivity index (χ1v) is 6.85. The summed E-state index contributed by atoms with van der Waals surface area (Å²) in [6.45, 7) is 2.54. The summed E-state index contributed by atoms with van der Waals surface area (Å²) in [6, 6.07) is 10.7. The Morgan fingerprint density at radius 3 is 2.67 bits per heavy atom. The second-order valence-corrected chi connectivity index (χ2v) is 4.52. The van der Waals surface area contributed by atoms with E-state index in [1.165, 1.54) is 6.20 Å². The third-order valence-electron chi connectivity index (χ3n) is 2.57. The van der Waals surface area contributed by atoms with Gasteiger partial charge in [-0.1, -0.05) is 0 Å². The standard InChI is InChI=1S/C15H15N3O2S/c1-2-20-13-7-5-12(6-8-13)17-15(21)18-14(19)11-4-3-9-16-10-11/h3-10H,2H2,1H3,(H2,17,18,19,21). The minimum Gasteiger partial charge on any atom is -0.494 e. The van der Waals surface area contributed by atoms with E-state index in [2.05, 4.69) is 15.6 Å². The Kier molecular flexibility index (Phi) is 5.22. The van der Waals surface area contributed by atoms with Crippen molar-refractivity contribution in [2.24, 2.45) is 0 Å². The van der Waals surface area contributed by atoms with E-state index in [-0.39, 0.29) is 11.0 Å². The minimum atomic E-state index is -0.300. The quantitative estimate of drug-likeness (QED) is 0.850. The SMILES string of the molecule is CCOc1ccc(NC(=S)NC(=O)c2cccnc2)cc1. The Morgan fingerprint density at radius 2 is 2.05 bits per heavy atom. The summed E-state index contributed by atoms with van der Waals surface area (Å²) in [4.78, 5) is 15.8. The molecule has 6 heteroatoms. The van der Waals surface area contributed by atoms with Crippen LogP contribution in [0.5, 0.6) is 5.75 Å². The number of anilines is 1. The van der Waals surface area contributed by atoms with Crippen molar-refractivity contribution in [2.75, 3.05) is 11.9 Å². The molecule has 0 fully saturated rings. The molecule has 1 heterocycles. The number of rotatable bonds is 4. The molecular formula is C15H15N3O2S. The maximum absolute atomic E-state index is 11.9. The van der Waals surface area contributed by atoms with Crippen LogP contribution < -0.4 is 15.4 Å². The van der Waals surface area contributed by atoms with Gasteiger partial charge in [-0.2, -0.15) is 0 Å². The molecule has 0 aliphatic carbocycles. The number of carbonyl (C=O) groups is 1. The van der Waals surface area contributed by atoms with E-state index in [1.807, 2.05) is 31.2 Å². The van der Waals surface area contributed by atoms with Gasteiger partial charge in [-0.3, -0.25) is 15.1 Å². The van der Waals surface area contributed by atoms with Crippen LogP contribution in [0.25, 0.3) is 0 Å². The van der Waals surface area contributed by atoms with Crippen LogP contribution in [-0.2, 0) is 0 Å². The van der Waals surface area contributed by atoms with Crippen LogP contribution in [0.15, 0.2) is 48.8 Å². The van der Waals surface area contributed by atoms with E-state index >= 15 is 0 Å². The van der Waals surface area contributed by atoms with Crippen LogP contribution in [0.1, 0.15) is 17.3 Å². The van der Waals surface area contributed by atoms with Gasteiger partial charge in [-0.15, -0.1) is 0 Å². The van der Waals surface area contributed by atoms with E-state index in [9.17, 15) is 4.79 Å². The molecule has 0 aliphatic rings. The molecular weight excluding hydrogens is 286 g/mol. The highest BCUT2D eigenvalue weighted by Crippen LogP contribution is 2.15. The van der Waals surface area contributed by atoms with Crippen LogP contribution >= 0.6 is 12.2 Å². The molecule has 0 unspecified atom stereocenters. The average molecular weight is 301 g/mol. The van der Waals surface area contributed by atoms with Gasteiger partial charge in [0.1, 0.15) is 5.75 Å². The maximum atomic E-state index is 11.9. The van der Waals surface area contributed by atoms with Gasteiger partial charge in [0.2, 0.25) is 0 Å². The Morgan fingerprint density at radius 1 is 1.29 bits per heavy atom. The zero-order valence-corrected chi connectivity index (χ0v) is 12.3. The molecule has 0 radical (unpaired) electrons. The molecule has 0 bridgehead atoms. The number of thiocarbonyl (C=S) groups is 1. The largest absolute Gasteiger partial charge is 0.494 e. The smallest absolute Gasteiger partial charge is 0.258 e. The second kappa shape index (κ2) is 7.35. The van der Waals surface area contributed by atoms with Crippen molar-refractivity contribution in [1.29, 1.82) is 0 Å². The number of aromatic nitrogens is 1. The molecule has 1 aromatic heterocycles. The lowest BCUT2D eigenvalue weighted by molar-refractivity contribution is 0.0977. The number of amides is 1. The molecule has 0 aliphatic heterocycles. The Bertz CT molecular complexity index is 615. The predicted octanol–water partition coefficient (Wildman–Crippen LogP) is 2.61. The summed E-state index contributed by atoms with van der Waals surface area (Å²) in [5.41, 5.74) is 1.23. The number of nitrogens with zero attached hydrogens (tertiary/aromatic N) is 1. The summed E-state index contributed by atoms with van der Waals surface area (Å²) in [7, 11) is 0. The Balaban J connectivity index is 1.91. The highest BCUT2D eigenvalue weighted by atomic mass is 32.1. The van der Waals surface area contributed by atoms with Gasteiger partial charge in [0.15, 0.2) is 5.11 Å². The van der Waals surface area contributed by atoms with Crippen LogP contribution in [0.4, 0.5) is 5.69 Å². The molecule has 2 rings (SSSR count). The van der Waals surface area contributed by atoms with Crippen LogP contribution in [0.2, 0.25) is 0 Å². The van der Waals surface area contributed by atoms with Crippen molar-refractivity contribution in [3.63, 3.8) is 0 Å². The first kappa shape index (κ1) is 14.9. The number of benzene rings is 1. The number of ether oxygens (including phenoxy) is 1. The second-order valence-electron chi connectivity index (χ2n) is 4.11. The molecule has 5 nitrogen and oxygen atoms in total. The lowest BCUT2D eigenvalue weighted by Gasteiger charge is -2.10. The van der Waals surface area contributed by atoms with Crippen LogP contribution in [-0.4, -0.2) is 22.6 Å². The van der Waals surface area contributed by atoms with Gasteiger partial charge in [-0.05, 0) is 55.5 Å². The molecule has 0 spiro atoms. The number of carbonyl (C=O) groups excluding carboxylic acids is 1. The van der Waals surface area contributed by atoms with Crippen molar-refractivity contribution in [3.8, 4) is 5.75 Å². The fourth-order valence-corrected chi connectivity index (χ4v) is 1.85. The van der Waals surface area contributed by atoms with Gasteiger partial charge in [0.05, 0.1) is 12.2 Å². The van der Waals surface area contributed by atoms with Gasteiger partial charge in [-0.25, -0.2) is 0 Å². The summed E-state index contributed by atoms with van der Waals surface area (Å²) in [5, 5.41) is 5.76. The molecule has 2 aromatic rings. The van der Waals surface area contributed by atoms with Gasteiger partial charge < -0.3 is 10.1 Å². The fraction of sp³-hybridized carbons (Fsp3) is 0.133.